The maximum atomic E-state index is 11.7. The Bertz CT molecular complexity index is 488. The fraction of sp³-hybridized carbons (Fsp3) is 0.545. The number of amides is 1. The molecule has 104 valence electrons. The second kappa shape index (κ2) is 4.86. The molecule has 0 aromatic heterocycles. The van der Waals surface area contributed by atoms with E-state index in [-0.39, 0.29) is 24.6 Å². The first-order valence-corrected chi connectivity index (χ1v) is 6.50. The van der Waals surface area contributed by atoms with Crippen LogP contribution >= 0.6 is 11.8 Å². The van der Waals surface area contributed by atoms with E-state index in [0.717, 1.165) is 4.90 Å². The number of carbonyl (C=O) groups is 3. The summed E-state index contributed by atoms with van der Waals surface area (Å²) in [7, 11) is 1.43. The molecule has 0 saturated carbocycles. The Morgan fingerprint density at radius 2 is 2.21 bits per heavy atom. The van der Waals surface area contributed by atoms with Gasteiger partial charge in [-0.1, -0.05) is 11.8 Å². The maximum Gasteiger partial charge on any atom is 0.352 e. The van der Waals surface area contributed by atoms with Crippen molar-refractivity contribution < 1.29 is 29.0 Å². The molecule has 0 aromatic rings. The molecule has 1 fully saturated rings. The third kappa shape index (κ3) is 2.21. The smallest absolute Gasteiger partial charge is 0.352 e. The summed E-state index contributed by atoms with van der Waals surface area (Å²) in [6.07, 6.45) is 0.145. The fourth-order valence-electron chi connectivity index (χ4n) is 2.05. The van der Waals surface area contributed by atoms with Crippen molar-refractivity contribution in [2.75, 3.05) is 19.5 Å². The Morgan fingerprint density at radius 1 is 1.53 bits per heavy atom. The van der Waals surface area contributed by atoms with Gasteiger partial charge in [0, 0.05) is 25.4 Å². The highest BCUT2D eigenvalue weighted by Crippen LogP contribution is 2.49. The van der Waals surface area contributed by atoms with E-state index >= 15 is 0 Å². The number of esters is 1. The minimum Gasteiger partial charge on any atom is -0.477 e. The average Bonchev–Trinajstić information content (AvgIpc) is 2.34. The van der Waals surface area contributed by atoms with Crippen LogP contribution in [0, 0.1) is 0 Å². The first-order valence-electron chi connectivity index (χ1n) is 5.52. The molecular formula is C11H13NO6S. The Labute approximate surface area is 113 Å². The lowest BCUT2D eigenvalue weighted by Gasteiger charge is -2.52. The lowest BCUT2D eigenvalue weighted by molar-refractivity contribution is -0.176. The lowest BCUT2D eigenvalue weighted by atomic mass is 10.1. The second-order valence-electron chi connectivity index (χ2n) is 4.15. The van der Waals surface area contributed by atoms with Gasteiger partial charge in [0.25, 0.3) is 0 Å². The van der Waals surface area contributed by atoms with Crippen LogP contribution in [0.15, 0.2) is 11.3 Å². The SMILES string of the molecule is COC12CC(=O)N1C(C(=O)O)=C(COC(C)=O)CS2. The molecule has 2 aliphatic rings. The lowest BCUT2D eigenvalue weighted by Crippen LogP contribution is -2.64. The zero-order valence-corrected chi connectivity index (χ0v) is 11.3. The number of aliphatic carboxylic acids is 1. The molecule has 2 heterocycles. The Morgan fingerprint density at radius 3 is 2.68 bits per heavy atom. The molecule has 19 heavy (non-hydrogen) atoms. The first kappa shape index (κ1) is 13.9. The number of thioether (sulfide) groups is 1. The molecule has 0 bridgehead atoms. The van der Waals surface area contributed by atoms with Crippen molar-refractivity contribution in [2.24, 2.45) is 0 Å². The number of carboxylic acid groups (broad SMARTS) is 1. The highest BCUT2D eigenvalue weighted by molar-refractivity contribution is 8.00. The zero-order valence-electron chi connectivity index (χ0n) is 10.5. The number of hydrogen-bond donors (Lipinski definition) is 1. The number of carbonyl (C=O) groups excluding carboxylic acids is 2. The van der Waals surface area contributed by atoms with Crippen LogP contribution in [0.2, 0.25) is 0 Å². The minimum atomic E-state index is -1.23. The second-order valence-corrected chi connectivity index (χ2v) is 5.36. The summed E-state index contributed by atoms with van der Waals surface area (Å²) >= 11 is 1.32. The van der Waals surface area contributed by atoms with E-state index in [1.165, 1.54) is 25.8 Å². The van der Waals surface area contributed by atoms with E-state index in [4.69, 9.17) is 9.47 Å². The molecule has 2 aliphatic heterocycles. The summed E-state index contributed by atoms with van der Waals surface area (Å²) in [5.74, 6) is -1.70. The van der Waals surface area contributed by atoms with Gasteiger partial charge in [-0.15, -0.1) is 0 Å². The van der Waals surface area contributed by atoms with Gasteiger partial charge in [0.2, 0.25) is 11.0 Å². The summed E-state index contributed by atoms with van der Waals surface area (Å²) in [6, 6.07) is 0. The number of hydrogen-bond acceptors (Lipinski definition) is 6. The number of fused-ring (bicyclic) bond motifs is 1. The molecule has 2 rings (SSSR count). The third-order valence-corrected chi connectivity index (χ3v) is 4.40. The van der Waals surface area contributed by atoms with Crippen molar-refractivity contribution in [3.05, 3.63) is 11.3 Å². The van der Waals surface area contributed by atoms with Crippen LogP contribution < -0.4 is 0 Å². The van der Waals surface area contributed by atoms with E-state index in [9.17, 15) is 19.5 Å². The molecular weight excluding hydrogens is 274 g/mol. The third-order valence-electron chi connectivity index (χ3n) is 2.97. The maximum absolute atomic E-state index is 11.7. The van der Waals surface area contributed by atoms with Gasteiger partial charge in [-0.3, -0.25) is 14.5 Å². The molecule has 0 radical (unpaired) electrons. The van der Waals surface area contributed by atoms with Crippen molar-refractivity contribution in [3.8, 4) is 0 Å². The topological polar surface area (TPSA) is 93.1 Å². The van der Waals surface area contributed by atoms with Crippen molar-refractivity contribution in [3.63, 3.8) is 0 Å². The predicted molar refractivity (Wildman–Crippen MR) is 65.0 cm³/mol. The molecule has 1 amide bonds. The minimum absolute atomic E-state index is 0.131. The summed E-state index contributed by atoms with van der Waals surface area (Å²) in [5.41, 5.74) is 0.256. The average molecular weight is 287 g/mol. The normalized spacial score (nSPS) is 25.8. The Hall–Kier alpha value is -1.54. The van der Waals surface area contributed by atoms with Crippen molar-refractivity contribution in [1.82, 2.24) is 4.90 Å². The summed E-state index contributed by atoms with van der Waals surface area (Å²) in [4.78, 5) is 34.9. The van der Waals surface area contributed by atoms with Gasteiger partial charge in [0.1, 0.15) is 12.3 Å². The Kier molecular flexibility index (Phi) is 3.55. The van der Waals surface area contributed by atoms with Crippen molar-refractivity contribution in [1.29, 1.82) is 0 Å². The van der Waals surface area contributed by atoms with Gasteiger partial charge in [-0.2, -0.15) is 0 Å². The number of carboxylic acids is 1. The van der Waals surface area contributed by atoms with Crippen LogP contribution in [0.4, 0.5) is 0 Å². The predicted octanol–water partition coefficient (Wildman–Crippen LogP) is 0.167. The number of rotatable bonds is 4. The van der Waals surface area contributed by atoms with Crippen LogP contribution in [-0.2, 0) is 23.9 Å². The van der Waals surface area contributed by atoms with Crippen LogP contribution in [0.25, 0.3) is 0 Å². The standard InChI is InChI=1S/C11H13NO6S/c1-6(13)18-4-7-5-19-11(17-2)3-8(14)12(11)9(7)10(15)16/h3-5H2,1-2H3,(H,15,16). The number of nitrogens with zero attached hydrogens (tertiary/aromatic N) is 1. The van der Waals surface area contributed by atoms with Crippen molar-refractivity contribution in [2.45, 2.75) is 18.4 Å². The molecule has 0 aliphatic carbocycles. The van der Waals surface area contributed by atoms with Gasteiger partial charge in [0.15, 0.2) is 0 Å². The zero-order chi connectivity index (χ0) is 14.2. The fourth-order valence-corrected chi connectivity index (χ4v) is 3.34. The molecule has 0 spiro atoms. The first-order chi connectivity index (χ1) is 8.91. The number of ether oxygens (including phenoxy) is 2. The van der Waals surface area contributed by atoms with Gasteiger partial charge < -0.3 is 14.6 Å². The van der Waals surface area contributed by atoms with E-state index in [1.54, 1.807) is 0 Å². The number of β-lactam (4-membered cyclic amide) rings is 1. The van der Waals surface area contributed by atoms with E-state index in [0.29, 0.717) is 11.3 Å². The highest BCUT2D eigenvalue weighted by Gasteiger charge is 2.58. The summed E-state index contributed by atoms with van der Waals surface area (Å²) in [5, 5.41) is 8.34. The van der Waals surface area contributed by atoms with Gasteiger partial charge >= 0.3 is 11.9 Å². The quantitative estimate of drug-likeness (QED) is 0.581. The molecule has 1 N–H and O–H groups in total. The van der Waals surface area contributed by atoms with Crippen LogP contribution in [-0.4, -0.2) is 52.4 Å². The molecule has 7 nitrogen and oxygen atoms in total. The molecule has 1 saturated heterocycles. The van der Waals surface area contributed by atoms with E-state index < -0.39 is 17.0 Å². The van der Waals surface area contributed by atoms with Crippen molar-refractivity contribution >= 4 is 29.6 Å². The van der Waals surface area contributed by atoms with E-state index in [2.05, 4.69) is 0 Å². The van der Waals surface area contributed by atoms with Gasteiger partial charge in [0.05, 0.1) is 6.42 Å². The Balaban J connectivity index is 2.33. The molecule has 1 unspecified atom stereocenters. The summed E-state index contributed by atoms with van der Waals surface area (Å²) < 4.78 is 10.1. The number of methoxy groups -OCH3 is 1. The molecule has 1 atom stereocenters. The summed E-state index contributed by atoms with van der Waals surface area (Å²) in [6.45, 7) is 1.11. The van der Waals surface area contributed by atoms with Gasteiger partial charge in [-0.25, -0.2) is 4.79 Å². The monoisotopic (exact) mass is 287 g/mol. The molecule has 8 heteroatoms. The van der Waals surface area contributed by atoms with Gasteiger partial charge in [-0.05, 0) is 0 Å². The highest BCUT2D eigenvalue weighted by atomic mass is 32.2. The largest absolute Gasteiger partial charge is 0.477 e. The van der Waals surface area contributed by atoms with Crippen LogP contribution in [0.3, 0.4) is 0 Å². The van der Waals surface area contributed by atoms with Crippen LogP contribution in [0.5, 0.6) is 0 Å². The van der Waals surface area contributed by atoms with Crippen LogP contribution in [0.1, 0.15) is 13.3 Å². The molecule has 0 aromatic carbocycles. The van der Waals surface area contributed by atoms with E-state index in [1.807, 2.05) is 0 Å².